The lowest BCUT2D eigenvalue weighted by atomic mass is 9.83. The molecule has 0 bridgehead atoms. The van der Waals surface area contributed by atoms with E-state index in [0.717, 1.165) is 24.3 Å². The zero-order chi connectivity index (χ0) is 14.5. The van der Waals surface area contributed by atoms with Crippen molar-refractivity contribution in [2.45, 2.75) is 58.4 Å². The number of hydrogen-bond donors (Lipinski definition) is 2. The molecule has 3 nitrogen and oxygen atoms in total. The topological polar surface area (TPSA) is 55.1 Å². The highest BCUT2D eigenvalue weighted by molar-refractivity contribution is 5.96. The lowest BCUT2D eigenvalue weighted by Gasteiger charge is -2.29. The van der Waals surface area contributed by atoms with Gasteiger partial charge in [0.15, 0.2) is 0 Å². The van der Waals surface area contributed by atoms with Crippen LogP contribution in [0.25, 0.3) is 0 Å². The zero-order valence-electron chi connectivity index (χ0n) is 12.6. The third-order valence-corrected chi connectivity index (χ3v) is 4.39. The van der Waals surface area contributed by atoms with Gasteiger partial charge in [0.05, 0.1) is 0 Å². The first-order valence-electron chi connectivity index (χ1n) is 7.77. The number of nitrogens with one attached hydrogen (secondary N) is 1. The summed E-state index contributed by atoms with van der Waals surface area (Å²) in [5.41, 5.74) is 8.11. The van der Waals surface area contributed by atoms with E-state index in [1.807, 2.05) is 19.1 Å². The summed E-state index contributed by atoms with van der Waals surface area (Å²) < 4.78 is 0. The molecule has 0 spiro atoms. The summed E-state index contributed by atoms with van der Waals surface area (Å²) in [7, 11) is 0. The standard InChI is InChI=1S/C17H26N2O/c1-3-4-13-6-9-15(10-7-13)19-17(20)16-11-14(18)8-5-12(16)2/h5,8,11,13,15H,3-4,6-7,9-10,18H2,1-2H3,(H,19,20). The molecule has 0 unspecified atom stereocenters. The summed E-state index contributed by atoms with van der Waals surface area (Å²) in [6.45, 7) is 4.20. The van der Waals surface area contributed by atoms with Gasteiger partial charge in [-0.3, -0.25) is 4.79 Å². The second kappa shape index (κ2) is 6.78. The van der Waals surface area contributed by atoms with Crippen LogP contribution in [0.2, 0.25) is 0 Å². The molecule has 0 aliphatic heterocycles. The number of aryl methyl sites for hydroxylation is 1. The maximum Gasteiger partial charge on any atom is 0.251 e. The van der Waals surface area contributed by atoms with Gasteiger partial charge >= 0.3 is 0 Å². The van der Waals surface area contributed by atoms with Crippen molar-refractivity contribution < 1.29 is 4.79 Å². The molecule has 1 saturated carbocycles. The fraction of sp³-hybridized carbons (Fsp3) is 0.588. The largest absolute Gasteiger partial charge is 0.399 e. The number of carbonyl (C=O) groups is 1. The zero-order valence-corrected chi connectivity index (χ0v) is 12.6. The van der Waals surface area contributed by atoms with Crippen LogP contribution in [-0.2, 0) is 0 Å². The minimum atomic E-state index is 0.0220. The third kappa shape index (κ3) is 3.75. The molecule has 1 aromatic carbocycles. The Hall–Kier alpha value is -1.51. The van der Waals surface area contributed by atoms with Crippen molar-refractivity contribution in [2.75, 3.05) is 5.73 Å². The van der Waals surface area contributed by atoms with E-state index < -0.39 is 0 Å². The SMILES string of the molecule is CCCC1CCC(NC(=O)c2cc(N)ccc2C)CC1. The summed E-state index contributed by atoms with van der Waals surface area (Å²) in [6.07, 6.45) is 7.30. The van der Waals surface area contributed by atoms with Gasteiger partial charge in [0.2, 0.25) is 0 Å². The molecular formula is C17H26N2O. The number of carbonyl (C=O) groups excluding carboxylic acids is 1. The van der Waals surface area contributed by atoms with Crippen LogP contribution >= 0.6 is 0 Å². The Morgan fingerprint density at radius 3 is 2.65 bits per heavy atom. The summed E-state index contributed by atoms with van der Waals surface area (Å²) in [5, 5.41) is 3.17. The van der Waals surface area contributed by atoms with Crippen LogP contribution in [-0.4, -0.2) is 11.9 Å². The van der Waals surface area contributed by atoms with E-state index in [1.165, 1.54) is 25.7 Å². The van der Waals surface area contributed by atoms with E-state index in [4.69, 9.17) is 5.73 Å². The normalized spacial score (nSPS) is 22.5. The molecule has 0 radical (unpaired) electrons. The Bertz CT molecular complexity index is 462. The van der Waals surface area contributed by atoms with Gasteiger partial charge in [0.1, 0.15) is 0 Å². The molecule has 1 amide bonds. The number of amides is 1. The number of nitrogen functional groups attached to an aromatic ring is 1. The van der Waals surface area contributed by atoms with E-state index >= 15 is 0 Å². The number of anilines is 1. The maximum atomic E-state index is 12.3. The van der Waals surface area contributed by atoms with Crippen LogP contribution in [0.1, 0.15) is 61.4 Å². The van der Waals surface area contributed by atoms with Crippen molar-refractivity contribution in [3.63, 3.8) is 0 Å². The minimum Gasteiger partial charge on any atom is -0.399 e. The van der Waals surface area contributed by atoms with E-state index in [0.29, 0.717) is 17.3 Å². The van der Waals surface area contributed by atoms with Crippen LogP contribution in [0, 0.1) is 12.8 Å². The molecule has 1 fully saturated rings. The molecule has 0 aromatic heterocycles. The van der Waals surface area contributed by atoms with Crippen LogP contribution in [0.4, 0.5) is 5.69 Å². The second-order valence-electron chi connectivity index (χ2n) is 6.05. The molecule has 0 saturated heterocycles. The van der Waals surface area contributed by atoms with Crippen molar-refractivity contribution in [1.82, 2.24) is 5.32 Å². The summed E-state index contributed by atoms with van der Waals surface area (Å²) in [6, 6.07) is 5.84. The predicted octanol–water partition coefficient (Wildman–Crippen LogP) is 3.67. The van der Waals surface area contributed by atoms with Crippen molar-refractivity contribution in [2.24, 2.45) is 5.92 Å². The first-order chi connectivity index (χ1) is 9.60. The monoisotopic (exact) mass is 274 g/mol. The highest BCUT2D eigenvalue weighted by Crippen LogP contribution is 2.28. The van der Waals surface area contributed by atoms with E-state index in [-0.39, 0.29) is 5.91 Å². The first-order valence-corrected chi connectivity index (χ1v) is 7.77. The lowest BCUT2D eigenvalue weighted by Crippen LogP contribution is -2.37. The van der Waals surface area contributed by atoms with Crippen LogP contribution in [0.15, 0.2) is 18.2 Å². The highest BCUT2D eigenvalue weighted by Gasteiger charge is 2.22. The average molecular weight is 274 g/mol. The Morgan fingerprint density at radius 2 is 2.00 bits per heavy atom. The fourth-order valence-electron chi connectivity index (χ4n) is 3.15. The van der Waals surface area contributed by atoms with Crippen LogP contribution < -0.4 is 11.1 Å². The van der Waals surface area contributed by atoms with Crippen molar-refractivity contribution in [1.29, 1.82) is 0 Å². The number of rotatable bonds is 4. The van der Waals surface area contributed by atoms with Gasteiger partial charge in [0, 0.05) is 17.3 Å². The summed E-state index contributed by atoms with van der Waals surface area (Å²) in [4.78, 5) is 12.3. The summed E-state index contributed by atoms with van der Waals surface area (Å²) in [5.74, 6) is 0.885. The molecule has 0 heterocycles. The Morgan fingerprint density at radius 1 is 1.30 bits per heavy atom. The molecule has 1 aromatic rings. The smallest absolute Gasteiger partial charge is 0.251 e. The molecule has 20 heavy (non-hydrogen) atoms. The van der Waals surface area contributed by atoms with Crippen LogP contribution in [0.3, 0.4) is 0 Å². The fourth-order valence-corrected chi connectivity index (χ4v) is 3.15. The summed E-state index contributed by atoms with van der Waals surface area (Å²) >= 11 is 0. The Labute approximate surface area is 121 Å². The van der Waals surface area contributed by atoms with Gasteiger partial charge in [-0.2, -0.15) is 0 Å². The molecule has 110 valence electrons. The van der Waals surface area contributed by atoms with Crippen molar-refractivity contribution in [3.8, 4) is 0 Å². The van der Waals surface area contributed by atoms with E-state index in [2.05, 4.69) is 12.2 Å². The van der Waals surface area contributed by atoms with E-state index in [9.17, 15) is 4.79 Å². The molecule has 2 rings (SSSR count). The number of benzene rings is 1. The molecular weight excluding hydrogens is 248 g/mol. The van der Waals surface area contributed by atoms with Gasteiger partial charge in [-0.1, -0.05) is 25.8 Å². The average Bonchev–Trinajstić information content (AvgIpc) is 2.44. The molecule has 3 N–H and O–H groups in total. The van der Waals surface area contributed by atoms with Gasteiger partial charge in [0.25, 0.3) is 5.91 Å². The third-order valence-electron chi connectivity index (χ3n) is 4.39. The molecule has 0 atom stereocenters. The predicted molar refractivity (Wildman–Crippen MR) is 83.7 cm³/mol. The lowest BCUT2D eigenvalue weighted by molar-refractivity contribution is 0.0920. The van der Waals surface area contributed by atoms with Gasteiger partial charge in [-0.25, -0.2) is 0 Å². The van der Waals surface area contributed by atoms with Crippen molar-refractivity contribution in [3.05, 3.63) is 29.3 Å². The second-order valence-corrected chi connectivity index (χ2v) is 6.05. The number of nitrogens with two attached hydrogens (primary N) is 1. The van der Waals surface area contributed by atoms with Crippen molar-refractivity contribution >= 4 is 11.6 Å². The van der Waals surface area contributed by atoms with Crippen LogP contribution in [0.5, 0.6) is 0 Å². The minimum absolute atomic E-state index is 0.0220. The number of hydrogen-bond acceptors (Lipinski definition) is 2. The van der Waals surface area contributed by atoms with Gasteiger partial charge in [-0.15, -0.1) is 0 Å². The van der Waals surface area contributed by atoms with Gasteiger partial charge in [-0.05, 0) is 56.2 Å². The molecule has 1 aliphatic carbocycles. The van der Waals surface area contributed by atoms with E-state index in [1.54, 1.807) is 6.07 Å². The highest BCUT2D eigenvalue weighted by atomic mass is 16.1. The maximum absolute atomic E-state index is 12.3. The Balaban J connectivity index is 1.91. The molecule has 3 heteroatoms. The molecule has 1 aliphatic rings. The first kappa shape index (κ1) is 14.9. The Kier molecular flexibility index (Phi) is 5.05. The van der Waals surface area contributed by atoms with Gasteiger partial charge < -0.3 is 11.1 Å². The quantitative estimate of drug-likeness (QED) is 0.823.